The van der Waals surface area contributed by atoms with Crippen molar-refractivity contribution in [1.29, 1.82) is 0 Å². The third kappa shape index (κ3) is 3.81. The Bertz CT molecular complexity index is 1750. The Hall–Kier alpha value is -4.18. The Morgan fingerprint density at radius 1 is 0.641 bits per heavy atom. The highest BCUT2D eigenvalue weighted by Gasteiger charge is 2.54. The zero-order chi connectivity index (χ0) is 27.4. The lowest BCUT2D eigenvalue weighted by atomic mass is 9.49. The van der Waals surface area contributed by atoms with Crippen LogP contribution in [0, 0.1) is 10.8 Å². The fourth-order valence-electron chi connectivity index (χ4n) is 7.19. The third-order valence-corrected chi connectivity index (χ3v) is 8.28. The minimum Gasteiger partial charge on any atom is -0.345 e. The van der Waals surface area contributed by atoms with Crippen LogP contribution in [-0.2, 0) is 5.41 Å². The topological polar surface area (TPSA) is 46.5 Å². The Morgan fingerprint density at radius 3 is 2.08 bits per heavy atom. The van der Waals surface area contributed by atoms with E-state index in [0.717, 1.165) is 28.3 Å². The number of benzene rings is 3. The molecule has 0 fully saturated rings. The molecule has 39 heavy (non-hydrogen) atoms. The van der Waals surface area contributed by atoms with Crippen molar-refractivity contribution in [3.63, 3.8) is 0 Å². The van der Waals surface area contributed by atoms with E-state index in [0.29, 0.717) is 0 Å². The van der Waals surface area contributed by atoms with Gasteiger partial charge < -0.3 is 9.55 Å². The summed E-state index contributed by atoms with van der Waals surface area (Å²) >= 11 is 0. The van der Waals surface area contributed by atoms with E-state index in [1.165, 1.54) is 21.9 Å². The zero-order valence-electron chi connectivity index (χ0n) is 23.7. The summed E-state index contributed by atoms with van der Waals surface area (Å²) in [6.07, 6.45) is 5.60. The molecule has 0 amide bonds. The SMILES string of the molecule is CC(C)(C)C(c1cccc(-n2c3ccccc3c3ccc(-c4ncc[nH]4)cc32)c1)(c1ccccn1)C(C)(C)C. The van der Waals surface area contributed by atoms with Crippen molar-refractivity contribution in [2.24, 2.45) is 10.8 Å². The number of nitrogens with zero attached hydrogens (tertiary/aromatic N) is 3. The number of H-pyrrole nitrogens is 1. The summed E-state index contributed by atoms with van der Waals surface area (Å²) < 4.78 is 2.40. The van der Waals surface area contributed by atoms with Crippen LogP contribution in [0.2, 0.25) is 0 Å². The molecule has 4 nitrogen and oxygen atoms in total. The van der Waals surface area contributed by atoms with Gasteiger partial charge in [-0.15, -0.1) is 0 Å². The van der Waals surface area contributed by atoms with Gasteiger partial charge in [0.1, 0.15) is 5.82 Å². The quantitative estimate of drug-likeness (QED) is 0.256. The molecule has 6 aromatic rings. The number of rotatable bonds is 4. The van der Waals surface area contributed by atoms with Gasteiger partial charge in [0.25, 0.3) is 0 Å². The number of nitrogens with one attached hydrogen (secondary N) is 1. The molecule has 0 bridgehead atoms. The number of imidazole rings is 1. The molecule has 3 aromatic heterocycles. The molecule has 0 atom stereocenters. The largest absolute Gasteiger partial charge is 0.345 e. The lowest BCUT2D eigenvalue weighted by molar-refractivity contribution is 0.0865. The Labute approximate surface area is 230 Å². The summed E-state index contributed by atoms with van der Waals surface area (Å²) in [4.78, 5) is 12.8. The van der Waals surface area contributed by atoms with Gasteiger partial charge in [-0.1, -0.05) is 90.1 Å². The van der Waals surface area contributed by atoms with Gasteiger partial charge >= 0.3 is 0 Å². The fourth-order valence-corrected chi connectivity index (χ4v) is 7.19. The molecule has 0 saturated carbocycles. The van der Waals surface area contributed by atoms with E-state index in [1.807, 2.05) is 18.5 Å². The average Bonchev–Trinajstić information content (AvgIpc) is 3.55. The molecule has 0 aliphatic heterocycles. The molecule has 0 aliphatic rings. The lowest BCUT2D eigenvalue weighted by Gasteiger charge is -2.54. The molecule has 0 radical (unpaired) electrons. The first-order valence-electron chi connectivity index (χ1n) is 13.7. The number of para-hydroxylation sites is 1. The minimum atomic E-state index is -0.338. The third-order valence-electron chi connectivity index (χ3n) is 8.28. The van der Waals surface area contributed by atoms with Gasteiger partial charge in [-0.2, -0.15) is 0 Å². The van der Waals surface area contributed by atoms with E-state index in [-0.39, 0.29) is 16.2 Å². The molecule has 6 rings (SSSR count). The molecular formula is C35H36N4. The van der Waals surface area contributed by atoms with E-state index in [2.05, 4.69) is 135 Å². The van der Waals surface area contributed by atoms with E-state index < -0.39 is 0 Å². The fraction of sp³-hybridized carbons (Fsp3) is 0.257. The van der Waals surface area contributed by atoms with Crippen molar-refractivity contribution >= 4 is 21.8 Å². The van der Waals surface area contributed by atoms with Gasteiger partial charge in [-0.3, -0.25) is 4.98 Å². The van der Waals surface area contributed by atoms with E-state index in [4.69, 9.17) is 4.98 Å². The highest BCUT2D eigenvalue weighted by molar-refractivity contribution is 6.10. The maximum atomic E-state index is 4.98. The van der Waals surface area contributed by atoms with Crippen LogP contribution in [-0.4, -0.2) is 19.5 Å². The van der Waals surface area contributed by atoms with Gasteiger partial charge in [-0.05, 0) is 52.8 Å². The average molecular weight is 513 g/mol. The predicted molar refractivity (Wildman–Crippen MR) is 162 cm³/mol. The summed E-state index contributed by atoms with van der Waals surface area (Å²) in [5, 5.41) is 2.47. The highest BCUT2D eigenvalue weighted by atomic mass is 15.0. The summed E-state index contributed by atoms with van der Waals surface area (Å²) in [6.45, 7) is 14.1. The summed E-state index contributed by atoms with van der Waals surface area (Å²) in [6, 6.07) is 30.7. The van der Waals surface area contributed by atoms with Crippen molar-refractivity contribution in [1.82, 2.24) is 19.5 Å². The van der Waals surface area contributed by atoms with Crippen molar-refractivity contribution in [2.75, 3.05) is 0 Å². The summed E-state index contributed by atoms with van der Waals surface area (Å²) in [5.41, 5.74) is 6.39. The van der Waals surface area contributed by atoms with Crippen molar-refractivity contribution < 1.29 is 0 Å². The van der Waals surface area contributed by atoms with E-state index in [9.17, 15) is 0 Å². The van der Waals surface area contributed by atoms with Crippen molar-refractivity contribution in [2.45, 2.75) is 47.0 Å². The standard InChI is InChI=1S/C35H36N4/c1-33(2,3)35(34(4,5)6,31-16-9-10-19-36-31)25-12-11-13-26(23-25)39-29-15-8-7-14-27(29)28-18-17-24(22-30(28)39)32-37-20-21-38-32/h7-23H,1-6H3,(H,37,38). The van der Waals surface area contributed by atoms with Crippen LogP contribution in [0.25, 0.3) is 38.9 Å². The molecule has 3 heterocycles. The number of hydrogen-bond acceptors (Lipinski definition) is 2. The van der Waals surface area contributed by atoms with Crippen LogP contribution < -0.4 is 0 Å². The van der Waals surface area contributed by atoms with E-state index in [1.54, 1.807) is 6.20 Å². The zero-order valence-corrected chi connectivity index (χ0v) is 23.7. The van der Waals surface area contributed by atoms with Crippen molar-refractivity contribution in [3.8, 4) is 17.1 Å². The number of fused-ring (bicyclic) bond motifs is 3. The first-order valence-corrected chi connectivity index (χ1v) is 13.7. The first kappa shape index (κ1) is 25.1. The van der Waals surface area contributed by atoms with Crippen LogP contribution in [0.15, 0.2) is 104 Å². The maximum Gasteiger partial charge on any atom is 0.137 e. The molecule has 3 aromatic carbocycles. The second kappa shape index (κ2) is 8.94. The Kier molecular flexibility index (Phi) is 5.76. The number of aromatic nitrogens is 4. The minimum absolute atomic E-state index is 0.106. The Morgan fingerprint density at radius 2 is 1.38 bits per heavy atom. The molecule has 0 unspecified atom stereocenters. The molecule has 0 saturated heterocycles. The van der Waals surface area contributed by atoms with Gasteiger partial charge in [-0.25, -0.2) is 4.98 Å². The molecule has 196 valence electrons. The molecule has 0 spiro atoms. The van der Waals surface area contributed by atoms with Gasteiger partial charge in [0.05, 0.1) is 16.7 Å². The second-order valence-electron chi connectivity index (χ2n) is 12.5. The van der Waals surface area contributed by atoms with E-state index >= 15 is 0 Å². The second-order valence-corrected chi connectivity index (χ2v) is 12.5. The van der Waals surface area contributed by atoms with Crippen LogP contribution in [0.3, 0.4) is 0 Å². The first-order chi connectivity index (χ1) is 18.6. The maximum absolute atomic E-state index is 4.98. The van der Waals surface area contributed by atoms with Crippen LogP contribution in [0.1, 0.15) is 52.8 Å². The number of aromatic amines is 1. The smallest absolute Gasteiger partial charge is 0.137 e. The molecule has 1 N–H and O–H groups in total. The highest BCUT2D eigenvalue weighted by Crippen LogP contribution is 2.57. The molecule has 0 aliphatic carbocycles. The van der Waals surface area contributed by atoms with Crippen LogP contribution in [0.4, 0.5) is 0 Å². The normalized spacial score (nSPS) is 12.9. The molecular weight excluding hydrogens is 476 g/mol. The van der Waals surface area contributed by atoms with Gasteiger partial charge in [0, 0.05) is 46.0 Å². The van der Waals surface area contributed by atoms with Crippen molar-refractivity contribution in [3.05, 3.63) is 115 Å². The summed E-state index contributed by atoms with van der Waals surface area (Å²) in [5.74, 6) is 0.872. The predicted octanol–water partition coefficient (Wildman–Crippen LogP) is 8.95. The lowest BCUT2D eigenvalue weighted by Crippen LogP contribution is -2.51. The monoisotopic (exact) mass is 512 g/mol. The van der Waals surface area contributed by atoms with Crippen LogP contribution >= 0.6 is 0 Å². The Balaban J connectivity index is 1.67. The number of pyridine rings is 1. The summed E-state index contributed by atoms with van der Waals surface area (Å²) in [7, 11) is 0. The van der Waals surface area contributed by atoms with Gasteiger partial charge in [0.15, 0.2) is 0 Å². The molecule has 4 heteroatoms. The van der Waals surface area contributed by atoms with Gasteiger partial charge in [0.2, 0.25) is 0 Å². The number of hydrogen-bond donors (Lipinski definition) is 1. The van der Waals surface area contributed by atoms with Crippen LogP contribution in [0.5, 0.6) is 0 Å².